The van der Waals surface area contributed by atoms with E-state index in [0.717, 1.165) is 50.0 Å². The van der Waals surface area contributed by atoms with Gasteiger partial charge < -0.3 is 37.9 Å². The third-order valence-electron chi connectivity index (χ3n) is 7.93. The van der Waals surface area contributed by atoms with Crippen LogP contribution in [0.2, 0.25) is 0 Å². The zero-order valence-electron chi connectivity index (χ0n) is 24.9. The molecule has 0 atom stereocenters. The molecule has 232 valence electrons. The van der Waals surface area contributed by atoms with Crippen molar-refractivity contribution in [3.63, 3.8) is 0 Å². The van der Waals surface area contributed by atoms with Crippen LogP contribution >= 0.6 is 0 Å². The number of esters is 2. The summed E-state index contributed by atoms with van der Waals surface area (Å²) < 4.78 is 43.7. The second-order valence-electron chi connectivity index (χ2n) is 11.1. The number of hydrogen-bond donors (Lipinski definition) is 0. The Hall–Kier alpha value is -2.60. The Balaban J connectivity index is 1.09. The summed E-state index contributed by atoms with van der Waals surface area (Å²) in [5, 5.41) is 1.63. The van der Waals surface area contributed by atoms with Gasteiger partial charge in [0.2, 0.25) is 0 Å². The highest BCUT2D eigenvalue weighted by atomic mass is 16.6. The topological polar surface area (TPSA) is 108 Å². The molecule has 10 heteroatoms. The molecule has 2 heterocycles. The molecule has 10 nitrogen and oxygen atoms in total. The maximum Gasteiger partial charge on any atom is 0.338 e. The van der Waals surface area contributed by atoms with Crippen molar-refractivity contribution >= 4 is 22.7 Å². The Bertz CT molecular complexity index is 1050. The van der Waals surface area contributed by atoms with Crippen LogP contribution in [0.5, 0.6) is 0 Å². The molecule has 0 unspecified atom stereocenters. The Morgan fingerprint density at radius 2 is 1.00 bits per heavy atom. The first kappa shape index (κ1) is 32.3. The van der Waals surface area contributed by atoms with Crippen LogP contribution in [0.3, 0.4) is 0 Å². The van der Waals surface area contributed by atoms with Crippen LogP contribution in [0.1, 0.15) is 47.4 Å². The second-order valence-corrected chi connectivity index (χ2v) is 11.1. The standard InChI is InChI=1S/C32H44O10/c1-3-31(21-39-22-31)19-37-11-9-35-13-15-41-29(33)26-7-5-25-6-8-27(18-28(25)17-26)30(34)42-16-14-36-10-12-38-20-32(4-2)23-40-24-32/h5-8,17-18H,3-4,9-16,19-24H2,1-2H3. The zero-order chi connectivity index (χ0) is 29.7. The van der Waals surface area contributed by atoms with Gasteiger partial charge in [-0.2, -0.15) is 0 Å². The van der Waals surface area contributed by atoms with Crippen molar-refractivity contribution in [2.24, 2.45) is 10.8 Å². The predicted octanol–water partition coefficient (Wildman–Crippen LogP) is 4.07. The number of hydrogen-bond acceptors (Lipinski definition) is 10. The van der Waals surface area contributed by atoms with Gasteiger partial charge in [0.15, 0.2) is 0 Å². The molecule has 0 N–H and O–H groups in total. The summed E-state index contributed by atoms with van der Waals surface area (Å²) in [4.78, 5) is 25.1. The fourth-order valence-electron chi connectivity index (χ4n) is 4.63. The van der Waals surface area contributed by atoms with Gasteiger partial charge in [-0.05, 0) is 47.9 Å². The number of benzene rings is 2. The summed E-state index contributed by atoms with van der Waals surface area (Å²) in [6.45, 7) is 11.3. The van der Waals surface area contributed by atoms with Crippen LogP contribution in [0.15, 0.2) is 36.4 Å². The molecule has 0 aromatic heterocycles. The molecular weight excluding hydrogens is 544 g/mol. The molecular formula is C32H44O10. The van der Waals surface area contributed by atoms with Crippen LogP contribution in [0.25, 0.3) is 10.8 Å². The van der Waals surface area contributed by atoms with E-state index in [1.165, 1.54) is 0 Å². The van der Waals surface area contributed by atoms with Crippen molar-refractivity contribution in [3.05, 3.63) is 47.5 Å². The van der Waals surface area contributed by atoms with Crippen molar-refractivity contribution < 1.29 is 47.5 Å². The SMILES string of the molecule is CCC1(COCCOCCOC(=O)c2ccc3ccc(C(=O)OCCOCCOCC4(CC)COC4)cc3c2)COC1. The van der Waals surface area contributed by atoms with Crippen molar-refractivity contribution in [1.29, 1.82) is 0 Å². The molecule has 0 aliphatic carbocycles. The van der Waals surface area contributed by atoms with E-state index in [1.54, 1.807) is 24.3 Å². The Labute approximate surface area is 247 Å². The normalized spacial score (nSPS) is 16.9. The largest absolute Gasteiger partial charge is 0.460 e. The summed E-state index contributed by atoms with van der Waals surface area (Å²) >= 11 is 0. The molecule has 2 fully saturated rings. The van der Waals surface area contributed by atoms with Crippen LogP contribution in [-0.2, 0) is 37.9 Å². The van der Waals surface area contributed by atoms with Crippen molar-refractivity contribution in [2.45, 2.75) is 26.7 Å². The van der Waals surface area contributed by atoms with Crippen LogP contribution < -0.4 is 0 Å². The average molecular weight is 589 g/mol. The molecule has 0 saturated carbocycles. The van der Waals surface area contributed by atoms with Crippen LogP contribution in [0.4, 0.5) is 0 Å². The van der Waals surface area contributed by atoms with E-state index in [9.17, 15) is 9.59 Å². The molecule has 2 aromatic carbocycles. The third-order valence-corrected chi connectivity index (χ3v) is 7.93. The fraction of sp³-hybridized carbons (Fsp3) is 0.625. The van der Waals surface area contributed by atoms with Crippen LogP contribution in [0, 0.1) is 10.8 Å². The monoisotopic (exact) mass is 588 g/mol. The molecule has 2 aliphatic rings. The molecule has 0 amide bonds. The minimum Gasteiger partial charge on any atom is -0.460 e. The predicted molar refractivity (Wildman–Crippen MR) is 155 cm³/mol. The van der Waals surface area contributed by atoms with Crippen LogP contribution in [-0.4, -0.2) is 104 Å². The lowest BCUT2D eigenvalue weighted by molar-refractivity contribution is -0.153. The molecule has 0 radical (unpaired) electrons. The third kappa shape index (κ3) is 9.20. The molecule has 0 spiro atoms. The molecule has 2 aliphatic heterocycles. The Morgan fingerprint density at radius 1 is 0.595 bits per heavy atom. The van der Waals surface area contributed by atoms with Gasteiger partial charge in [-0.25, -0.2) is 9.59 Å². The van der Waals surface area contributed by atoms with Gasteiger partial charge in [-0.15, -0.1) is 0 Å². The lowest BCUT2D eigenvalue weighted by Gasteiger charge is -2.40. The molecule has 4 rings (SSSR count). The summed E-state index contributed by atoms with van der Waals surface area (Å²) in [5.74, 6) is -0.904. The number of rotatable bonds is 20. The summed E-state index contributed by atoms with van der Waals surface area (Å²) in [6, 6.07) is 10.5. The molecule has 0 bridgehead atoms. The van der Waals surface area contributed by atoms with Gasteiger partial charge in [-0.3, -0.25) is 0 Å². The fourth-order valence-corrected chi connectivity index (χ4v) is 4.63. The van der Waals surface area contributed by atoms with Gasteiger partial charge in [-0.1, -0.05) is 26.0 Å². The van der Waals surface area contributed by atoms with E-state index in [1.807, 2.05) is 12.1 Å². The lowest BCUT2D eigenvalue weighted by Crippen LogP contribution is -2.45. The van der Waals surface area contributed by atoms with Gasteiger partial charge in [0.25, 0.3) is 0 Å². The van der Waals surface area contributed by atoms with E-state index in [2.05, 4.69) is 13.8 Å². The average Bonchev–Trinajstić information content (AvgIpc) is 2.97. The number of carbonyl (C=O) groups excluding carboxylic acids is 2. The van der Waals surface area contributed by atoms with Gasteiger partial charge in [0, 0.05) is 10.8 Å². The number of fused-ring (bicyclic) bond motifs is 1. The highest BCUT2D eigenvalue weighted by molar-refractivity contribution is 5.99. The molecule has 2 aromatic rings. The first-order valence-corrected chi connectivity index (χ1v) is 14.8. The maximum absolute atomic E-state index is 12.5. The van der Waals surface area contributed by atoms with E-state index in [0.29, 0.717) is 50.8 Å². The highest BCUT2D eigenvalue weighted by Gasteiger charge is 2.37. The van der Waals surface area contributed by atoms with E-state index in [-0.39, 0.29) is 37.3 Å². The Morgan fingerprint density at radius 3 is 1.38 bits per heavy atom. The van der Waals surface area contributed by atoms with E-state index >= 15 is 0 Å². The highest BCUT2D eigenvalue weighted by Crippen LogP contribution is 2.32. The van der Waals surface area contributed by atoms with E-state index < -0.39 is 11.9 Å². The second kappa shape index (κ2) is 16.3. The summed E-state index contributed by atoms with van der Waals surface area (Å²) in [5.41, 5.74) is 1.11. The Kier molecular flexibility index (Phi) is 12.5. The first-order chi connectivity index (χ1) is 20.5. The first-order valence-electron chi connectivity index (χ1n) is 14.8. The molecule has 2 saturated heterocycles. The smallest absolute Gasteiger partial charge is 0.338 e. The maximum atomic E-state index is 12.5. The van der Waals surface area contributed by atoms with Crippen molar-refractivity contribution in [2.75, 3.05) is 92.5 Å². The van der Waals surface area contributed by atoms with Gasteiger partial charge in [0.1, 0.15) is 13.2 Å². The summed E-state index contributed by atoms with van der Waals surface area (Å²) in [6.07, 6.45) is 2.07. The quantitative estimate of drug-likeness (QED) is 0.166. The number of carbonyl (C=O) groups is 2. The van der Waals surface area contributed by atoms with Gasteiger partial charge in [0.05, 0.1) is 90.4 Å². The number of ether oxygens (including phenoxy) is 8. The van der Waals surface area contributed by atoms with Crippen molar-refractivity contribution in [1.82, 2.24) is 0 Å². The minimum atomic E-state index is -0.452. The summed E-state index contributed by atoms with van der Waals surface area (Å²) in [7, 11) is 0. The van der Waals surface area contributed by atoms with Gasteiger partial charge >= 0.3 is 11.9 Å². The van der Waals surface area contributed by atoms with E-state index in [4.69, 9.17) is 37.9 Å². The molecule has 42 heavy (non-hydrogen) atoms. The minimum absolute atomic E-state index is 0.138. The lowest BCUT2D eigenvalue weighted by atomic mass is 9.84. The zero-order valence-corrected chi connectivity index (χ0v) is 24.9. The van der Waals surface area contributed by atoms with Crippen molar-refractivity contribution in [3.8, 4) is 0 Å².